The highest BCUT2D eigenvalue weighted by atomic mass is 16.6. The van der Waals surface area contributed by atoms with E-state index in [0.717, 1.165) is 0 Å². The van der Waals surface area contributed by atoms with Gasteiger partial charge in [-0.3, -0.25) is 14.9 Å². The first-order chi connectivity index (χ1) is 13.6. The maximum absolute atomic E-state index is 12.4. The number of nitro benzene ring substituents is 1. The zero-order chi connectivity index (χ0) is 19.9. The van der Waals surface area contributed by atoms with Gasteiger partial charge in [0.1, 0.15) is 11.8 Å². The van der Waals surface area contributed by atoms with Crippen molar-refractivity contribution in [2.75, 3.05) is 0 Å². The van der Waals surface area contributed by atoms with Crippen molar-refractivity contribution in [3.8, 4) is 0 Å². The third kappa shape index (κ3) is 4.46. The molecule has 0 spiro atoms. The van der Waals surface area contributed by atoms with Crippen LogP contribution in [-0.2, 0) is 0 Å². The number of aliphatic hydroxyl groups is 1. The van der Waals surface area contributed by atoms with Gasteiger partial charge >= 0.3 is 0 Å². The number of hydrazone groups is 1. The lowest BCUT2D eigenvalue weighted by Gasteiger charge is -2.15. The van der Waals surface area contributed by atoms with E-state index >= 15 is 0 Å². The predicted molar refractivity (Wildman–Crippen MR) is 105 cm³/mol. The Morgan fingerprint density at radius 1 is 0.893 bits per heavy atom. The number of nitrogens with zero attached hydrogens (tertiary/aromatic N) is 2. The number of non-ortho nitro benzene ring substituents is 1. The Hall–Kier alpha value is -3.84. The molecule has 0 aliphatic heterocycles. The van der Waals surface area contributed by atoms with Gasteiger partial charge in [0.05, 0.1) is 4.92 Å². The van der Waals surface area contributed by atoms with E-state index in [0.29, 0.717) is 11.1 Å². The molecular formula is C21H17N3O4. The van der Waals surface area contributed by atoms with Crippen LogP contribution in [0.25, 0.3) is 0 Å². The molecule has 0 saturated carbocycles. The molecule has 0 radical (unpaired) electrons. The van der Waals surface area contributed by atoms with E-state index in [1.54, 1.807) is 48.5 Å². The molecule has 0 saturated heterocycles. The molecule has 0 aliphatic carbocycles. The molecule has 0 bridgehead atoms. The molecule has 7 heteroatoms. The molecule has 3 rings (SSSR count). The average molecular weight is 375 g/mol. The van der Waals surface area contributed by atoms with E-state index in [9.17, 15) is 20.0 Å². The summed E-state index contributed by atoms with van der Waals surface area (Å²) in [7, 11) is 0. The summed E-state index contributed by atoms with van der Waals surface area (Å²) in [6.45, 7) is 0. The Balaban J connectivity index is 1.86. The van der Waals surface area contributed by atoms with Gasteiger partial charge in [-0.15, -0.1) is 0 Å². The number of benzene rings is 3. The second-order valence-corrected chi connectivity index (χ2v) is 5.92. The van der Waals surface area contributed by atoms with Crippen LogP contribution < -0.4 is 5.43 Å². The van der Waals surface area contributed by atoms with Crippen molar-refractivity contribution in [1.82, 2.24) is 5.43 Å². The zero-order valence-corrected chi connectivity index (χ0v) is 14.7. The summed E-state index contributed by atoms with van der Waals surface area (Å²) in [5, 5.41) is 25.6. The second kappa shape index (κ2) is 8.70. The highest BCUT2D eigenvalue weighted by molar-refractivity contribution is 6.05. The van der Waals surface area contributed by atoms with Crippen molar-refractivity contribution in [1.29, 1.82) is 0 Å². The Bertz CT molecular complexity index is 987. The summed E-state index contributed by atoms with van der Waals surface area (Å²) < 4.78 is 0. The number of carbonyl (C=O) groups excluding carboxylic acids is 1. The summed E-state index contributed by atoms with van der Waals surface area (Å²) in [4.78, 5) is 22.5. The van der Waals surface area contributed by atoms with Crippen molar-refractivity contribution in [3.63, 3.8) is 0 Å². The fourth-order valence-corrected chi connectivity index (χ4v) is 2.60. The number of nitro groups is 1. The monoisotopic (exact) mass is 375 g/mol. The molecule has 1 atom stereocenters. The van der Waals surface area contributed by atoms with Crippen LogP contribution in [0.1, 0.15) is 27.6 Å². The predicted octanol–water partition coefficient (Wildman–Crippen LogP) is 3.46. The van der Waals surface area contributed by atoms with Gasteiger partial charge in [0.25, 0.3) is 11.6 Å². The molecule has 1 amide bonds. The summed E-state index contributed by atoms with van der Waals surface area (Å²) in [6.07, 6.45) is -1.04. The van der Waals surface area contributed by atoms with E-state index < -0.39 is 16.9 Å². The minimum atomic E-state index is -1.04. The van der Waals surface area contributed by atoms with E-state index in [4.69, 9.17) is 0 Å². The average Bonchev–Trinajstić information content (AvgIpc) is 2.75. The first kappa shape index (κ1) is 18.9. The molecule has 140 valence electrons. The van der Waals surface area contributed by atoms with Crippen molar-refractivity contribution >= 4 is 17.3 Å². The van der Waals surface area contributed by atoms with Gasteiger partial charge in [0.2, 0.25) is 0 Å². The Kier molecular flexibility index (Phi) is 5.88. The Labute approximate surface area is 161 Å². The second-order valence-electron chi connectivity index (χ2n) is 5.92. The SMILES string of the molecule is O=C(N/N=C(\c1ccccc1)[C@H](O)c1ccccc1)c1ccc([N+](=O)[O-])cc1. The largest absolute Gasteiger partial charge is 0.382 e. The van der Waals surface area contributed by atoms with Crippen LogP contribution in [0.5, 0.6) is 0 Å². The Morgan fingerprint density at radius 2 is 1.46 bits per heavy atom. The first-order valence-electron chi connectivity index (χ1n) is 8.47. The lowest BCUT2D eigenvalue weighted by atomic mass is 9.99. The van der Waals surface area contributed by atoms with Crippen LogP contribution >= 0.6 is 0 Å². The minimum Gasteiger partial charge on any atom is -0.382 e. The quantitative estimate of drug-likeness (QED) is 0.391. The van der Waals surface area contributed by atoms with Crippen molar-refractivity contribution in [3.05, 3.63) is 112 Å². The van der Waals surface area contributed by atoms with Gasteiger partial charge in [0, 0.05) is 23.3 Å². The first-order valence-corrected chi connectivity index (χ1v) is 8.47. The van der Waals surface area contributed by atoms with Crippen molar-refractivity contribution < 1.29 is 14.8 Å². The number of amides is 1. The molecule has 7 nitrogen and oxygen atoms in total. The Morgan fingerprint density at radius 3 is 2.04 bits per heavy atom. The summed E-state index contributed by atoms with van der Waals surface area (Å²) in [6, 6.07) is 23.2. The molecule has 0 fully saturated rings. The van der Waals surface area contributed by atoms with Crippen LogP contribution in [-0.4, -0.2) is 21.6 Å². The molecule has 2 N–H and O–H groups in total. The molecule has 28 heavy (non-hydrogen) atoms. The maximum Gasteiger partial charge on any atom is 0.271 e. The molecule has 0 heterocycles. The minimum absolute atomic E-state index is 0.107. The molecule has 3 aromatic carbocycles. The number of carbonyl (C=O) groups is 1. The van der Waals surface area contributed by atoms with Gasteiger partial charge < -0.3 is 5.11 Å². The van der Waals surface area contributed by atoms with Crippen molar-refractivity contribution in [2.45, 2.75) is 6.10 Å². The van der Waals surface area contributed by atoms with Gasteiger partial charge in [-0.1, -0.05) is 60.7 Å². The summed E-state index contributed by atoms with van der Waals surface area (Å²) in [5.41, 5.74) is 4.10. The smallest absolute Gasteiger partial charge is 0.271 e. The highest BCUT2D eigenvalue weighted by Gasteiger charge is 2.18. The van der Waals surface area contributed by atoms with Gasteiger partial charge in [0.15, 0.2) is 0 Å². The molecule has 3 aromatic rings. The van der Waals surface area contributed by atoms with Gasteiger partial charge in [-0.05, 0) is 17.7 Å². The highest BCUT2D eigenvalue weighted by Crippen LogP contribution is 2.19. The normalized spacial score (nSPS) is 12.2. The third-order valence-electron chi connectivity index (χ3n) is 4.06. The maximum atomic E-state index is 12.4. The number of nitrogens with one attached hydrogen (secondary N) is 1. The summed E-state index contributed by atoms with van der Waals surface area (Å²) >= 11 is 0. The van der Waals surface area contributed by atoms with Crippen LogP contribution in [0, 0.1) is 10.1 Å². The van der Waals surface area contributed by atoms with Crippen LogP contribution in [0.15, 0.2) is 90.0 Å². The van der Waals surface area contributed by atoms with Crippen LogP contribution in [0.2, 0.25) is 0 Å². The molecule has 0 unspecified atom stereocenters. The molecular weight excluding hydrogens is 358 g/mol. The lowest BCUT2D eigenvalue weighted by Crippen LogP contribution is -2.23. The van der Waals surface area contributed by atoms with Gasteiger partial charge in [-0.2, -0.15) is 5.10 Å². The fraction of sp³-hybridized carbons (Fsp3) is 0.0476. The van der Waals surface area contributed by atoms with Gasteiger partial charge in [-0.25, -0.2) is 5.43 Å². The number of hydrogen-bond acceptors (Lipinski definition) is 5. The molecule has 0 aromatic heterocycles. The van der Waals surface area contributed by atoms with Crippen molar-refractivity contribution in [2.24, 2.45) is 5.10 Å². The topological polar surface area (TPSA) is 105 Å². The van der Waals surface area contributed by atoms with E-state index in [1.165, 1.54) is 24.3 Å². The number of hydrogen-bond donors (Lipinski definition) is 2. The molecule has 0 aliphatic rings. The number of rotatable bonds is 6. The zero-order valence-electron chi connectivity index (χ0n) is 14.7. The van der Waals surface area contributed by atoms with E-state index in [2.05, 4.69) is 10.5 Å². The standard InChI is InChI=1S/C21H17N3O4/c25-20(16-9-5-2-6-10-16)19(15-7-3-1-4-8-15)22-23-21(26)17-11-13-18(14-12-17)24(27)28/h1-14,20,25H,(H,23,26)/b22-19+/t20-/m1/s1. The van der Waals surface area contributed by atoms with Crippen LogP contribution in [0.3, 0.4) is 0 Å². The summed E-state index contributed by atoms with van der Waals surface area (Å²) in [5.74, 6) is -0.538. The number of aliphatic hydroxyl groups excluding tert-OH is 1. The van der Waals surface area contributed by atoms with E-state index in [1.807, 2.05) is 12.1 Å². The van der Waals surface area contributed by atoms with E-state index in [-0.39, 0.29) is 17.0 Å². The third-order valence-corrected chi connectivity index (χ3v) is 4.06. The van der Waals surface area contributed by atoms with Crippen LogP contribution in [0.4, 0.5) is 5.69 Å². The lowest BCUT2D eigenvalue weighted by molar-refractivity contribution is -0.384. The fourth-order valence-electron chi connectivity index (χ4n) is 2.60.